The first-order valence-corrected chi connectivity index (χ1v) is 8.20. The van der Waals surface area contributed by atoms with E-state index in [1.807, 2.05) is 0 Å². The van der Waals surface area contributed by atoms with Crippen LogP contribution in [-0.4, -0.2) is 28.9 Å². The Balaban J connectivity index is 1.91. The number of piperidine rings is 1. The molecule has 1 atom stereocenters. The summed E-state index contributed by atoms with van der Waals surface area (Å²) in [5, 5.41) is 2.17. The summed E-state index contributed by atoms with van der Waals surface area (Å²) >= 11 is 7.64. The van der Waals surface area contributed by atoms with Gasteiger partial charge in [-0.1, -0.05) is 0 Å². The summed E-state index contributed by atoms with van der Waals surface area (Å²) in [6.45, 7) is 4.29. The third kappa shape index (κ3) is 2.56. The fourth-order valence-corrected chi connectivity index (χ4v) is 4.16. The summed E-state index contributed by atoms with van der Waals surface area (Å²) in [5.74, 6) is 2.58. The predicted octanol–water partition coefficient (Wildman–Crippen LogP) is 3.85. The van der Waals surface area contributed by atoms with Gasteiger partial charge in [-0.3, -0.25) is 0 Å². The smallest absolute Gasteiger partial charge is 0.150 e. The molecule has 2 aromatic heterocycles. The van der Waals surface area contributed by atoms with E-state index in [4.69, 9.17) is 11.6 Å². The van der Waals surface area contributed by atoms with Gasteiger partial charge in [0.05, 0.1) is 10.2 Å². The van der Waals surface area contributed by atoms with Crippen LogP contribution in [0.1, 0.15) is 24.8 Å². The van der Waals surface area contributed by atoms with Crippen molar-refractivity contribution in [2.45, 2.75) is 26.2 Å². The Morgan fingerprint density at radius 3 is 3.21 bits per heavy atom. The molecule has 1 saturated heterocycles. The van der Waals surface area contributed by atoms with Gasteiger partial charge in [0.25, 0.3) is 0 Å². The molecule has 3 heterocycles. The summed E-state index contributed by atoms with van der Waals surface area (Å²) < 4.78 is 1.23. The minimum Gasteiger partial charge on any atom is -0.355 e. The number of halogens is 1. The monoisotopic (exact) mass is 295 g/mol. The molecule has 0 N–H and O–H groups in total. The minimum atomic E-state index is 0.706. The molecule has 1 aliphatic heterocycles. The van der Waals surface area contributed by atoms with Crippen LogP contribution < -0.4 is 4.90 Å². The zero-order chi connectivity index (χ0) is 13.2. The number of hydrogen-bond donors (Lipinski definition) is 0. The first kappa shape index (κ1) is 13.1. The zero-order valence-corrected chi connectivity index (χ0v) is 12.7. The molecular weight excluding hydrogens is 278 g/mol. The Bertz CT molecular complexity index is 567. The molecule has 3 nitrogen and oxygen atoms in total. The molecule has 19 heavy (non-hydrogen) atoms. The van der Waals surface area contributed by atoms with Crippen LogP contribution in [0.15, 0.2) is 11.7 Å². The molecule has 0 amide bonds. The normalized spacial score (nSPS) is 20.1. The van der Waals surface area contributed by atoms with E-state index in [0.29, 0.717) is 5.92 Å². The van der Waals surface area contributed by atoms with Crippen LogP contribution >= 0.6 is 22.9 Å². The van der Waals surface area contributed by atoms with Crippen LogP contribution in [0, 0.1) is 12.8 Å². The summed E-state index contributed by atoms with van der Waals surface area (Å²) in [6.07, 6.45) is 5.33. The van der Waals surface area contributed by atoms with Gasteiger partial charge < -0.3 is 4.90 Å². The van der Waals surface area contributed by atoms with Crippen molar-refractivity contribution in [3.05, 3.63) is 17.3 Å². The predicted molar refractivity (Wildman–Crippen MR) is 82.4 cm³/mol. The molecule has 1 aliphatic rings. The summed E-state index contributed by atoms with van der Waals surface area (Å²) in [7, 11) is 0. The Hall–Kier alpha value is -0.870. The highest BCUT2D eigenvalue weighted by Gasteiger charge is 2.22. The lowest BCUT2D eigenvalue weighted by atomic mass is 9.95. The SMILES string of the molecule is Cc1csc2c(N3CCCC(CCCl)C3)ncnc12. The molecule has 1 unspecified atom stereocenters. The molecule has 2 aromatic rings. The summed E-state index contributed by atoms with van der Waals surface area (Å²) in [6, 6.07) is 0. The van der Waals surface area contributed by atoms with Crippen LogP contribution in [0.4, 0.5) is 5.82 Å². The van der Waals surface area contributed by atoms with E-state index < -0.39 is 0 Å². The van der Waals surface area contributed by atoms with Crippen molar-refractivity contribution >= 4 is 39.0 Å². The number of nitrogens with zero attached hydrogens (tertiary/aromatic N) is 3. The van der Waals surface area contributed by atoms with Crippen molar-refractivity contribution in [3.63, 3.8) is 0 Å². The zero-order valence-electron chi connectivity index (χ0n) is 11.1. The number of rotatable bonds is 3. The summed E-state index contributed by atoms with van der Waals surface area (Å²) in [5.41, 5.74) is 2.35. The van der Waals surface area contributed by atoms with Gasteiger partial charge in [-0.2, -0.15) is 0 Å². The maximum atomic E-state index is 5.88. The molecule has 102 valence electrons. The number of fused-ring (bicyclic) bond motifs is 1. The molecule has 0 spiro atoms. The molecule has 3 rings (SSSR count). The molecular formula is C14H18ClN3S. The van der Waals surface area contributed by atoms with Gasteiger partial charge in [0.1, 0.15) is 12.1 Å². The second kappa shape index (κ2) is 5.63. The molecule has 0 aromatic carbocycles. The van der Waals surface area contributed by atoms with Crippen molar-refractivity contribution in [1.29, 1.82) is 0 Å². The maximum absolute atomic E-state index is 5.88. The van der Waals surface area contributed by atoms with E-state index in [1.54, 1.807) is 17.7 Å². The number of aromatic nitrogens is 2. The second-order valence-corrected chi connectivity index (χ2v) is 6.48. The minimum absolute atomic E-state index is 0.706. The molecule has 5 heteroatoms. The Kier molecular flexibility index (Phi) is 3.89. The van der Waals surface area contributed by atoms with E-state index >= 15 is 0 Å². The van der Waals surface area contributed by atoms with Gasteiger partial charge in [-0.05, 0) is 43.0 Å². The number of hydrogen-bond acceptors (Lipinski definition) is 4. The van der Waals surface area contributed by atoms with E-state index in [0.717, 1.165) is 36.7 Å². The van der Waals surface area contributed by atoms with Crippen LogP contribution in [0.5, 0.6) is 0 Å². The van der Waals surface area contributed by atoms with E-state index in [-0.39, 0.29) is 0 Å². The molecule has 0 saturated carbocycles. The first-order valence-electron chi connectivity index (χ1n) is 6.79. The van der Waals surface area contributed by atoms with E-state index in [2.05, 4.69) is 27.2 Å². The van der Waals surface area contributed by atoms with Crippen LogP contribution in [0.2, 0.25) is 0 Å². The van der Waals surface area contributed by atoms with Gasteiger partial charge in [0.2, 0.25) is 0 Å². The van der Waals surface area contributed by atoms with E-state index in [1.165, 1.54) is 23.1 Å². The first-order chi connectivity index (χ1) is 9.29. The van der Waals surface area contributed by atoms with Crippen molar-refractivity contribution < 1.29 is 0 Å². The van der Waals surface area contributed by atoms with Crippen LogP contribution in [0.3, 0.4) is 0 Å². The van der Waals surface area contributed by atoms with Crippen LogP contribution in [-0.2, 0) is 0 Å². The highest BCUT2D eigenvalue weighted by molar-refractivity contribution is 7.18. The van der Waals surface area contributed by atoms with Crippen LogP contribution in [0.25, 0.3) is 10.2 Å². The number of anilines is 1. The molecule has 0 bridgehead atoms. The topological polar surface area (TPSA) is 29.0 Å². The Morgan fingerprint density at radius 1 is 1.47 bits per heavy atom. The van der Waals surface area contributed by atoms with E-state index in [9.17, 15) is 0 Å². The van der Waals surface area contributed by atoms with Gasteiger partial charge in [0, 0.05) is 19.0 Å². The van der Waals surface area contributed by atoms with Gasteiger partial charge in [-0.15, -0.1) is 22.9 Å². The third-order valence-corrected chi connectivity index (χ3v) is 5.15. The van der Waals surface area contributed by atoms with Crippen molar-refractivity contribution in [3.8, 4) is 0 Å². The number of alkyl halides is 1. The van der Waals surface area contributed by atoms with Gasteiger partial charge in [0.15, 0.2) is 0 Å². The third-order valence-electron chi connectivity index (χ3n) is 3.85. The fourth-order valence-electron chi connectivity index (χ4n) is 2.83. The lowest BCUT2D eigenvalue weighted by molar-refractivity contribution is 0.405. The van der Waals surface area contributed by atoms with Crippen molar-refractivity contribution in [1.82, 2.24) is 9.97 Å². The Morgan fingerprint density at radius 2 is 2.37 bits per heavy atom. The second-order valence-electron chi connectivity index (χ2n) is 5.23. The van der Waals surface area contributed by atoms with Gasteiger partial charge in [-0.25, -0.2) is 9.97 Å². The average molecular weight is 296 g/mol. The lowest BCUT2D eigenvalue weighted by Gasteiger charge is -2.33. The van der Waals surface area contributed by atoms with Crippen molar-refractivity contribution in [2.75, 3.05) is 23.9 Å². The lowest BCUT2D eigenvalue weighted by Crippen LogP contribution is -2.36. The fraction of sp³-hybridized carbons (Fsp3) is 0.571. The standard InChI is InChI=1S/C14H18ClN3S/c1-10-8-19-13-12(10)16-9-17-14(13)18-6-2-3-11(7-18)4-5-15/h8-9,11H,2-7H2,1H3. The molecule has 0 radical (unpaired) electrons. The van der Waals surface area contributed by atoms with Crippen molar-refractivity contribution in [2.24, 2.45) is 5.92 Å². The number of aryl methyl sites for hydroxylation is 1. The molecule has 0 aliphatic carbocycles. The largest absolute Gasteiger partial charge is 0.355 e. The Labute approximate surface area is 122 Å². The quantitative estimate of drug-likeness (QED) is 0.806. The molecule has 1 fully saturated rings. The van der Waals surface area contributed by atoms with Gasteiger partial charge >= 0.3 is 0 Å². The number of thiophene rings is 1. The highest BCUT2D eigenvalue weighted by Crippen LogP contribution is 2.33. The highest BCUT2D eigenvalue weighted by atomic mass is 35.5. The maximum Gasteiger partial charge on any atom is 0.150 e. The summed E-state index contributed by atoms with van der Waals surface area (Å²) in [4.78, 5) is 11.4. The average Bonchev–Trinajstić information content (AvgIpc) is 2.81.